The summed E-state index contributed by atoms with van der Waals surface area (Å²) in [6.45, 7) is 4.00. The minimum absolute atomic E-state index is 0.487. The number of piperidine rings is 1. The highest BCUT2D eigenvalue weighted by Gasteiger charge is 2.42. The third-order valence-corrected chi connectivity index (χ3v) is 6.85. The Morgan fingerprint density at radius 1 is 1.12 bits per heavy atom. The molecule has 1 aliphatic heterocycles. The highest BCUT2D eigenvalue weighted by atomic mass is 35.5. The molecule has 2 fully saturated rings. The van der Waals surface area contributed by atoms with Crippen LogP contribution in [0.15, 0.2) is 30.5 Å². The van der Waals surface area contributed by atoms with Gasteiger partial charge in [0.2, 0.25) is 5.88 Å². The second kappa shape index (κ2) is 8.58. The predicted octanol–water partition coefficient (Wildman–Crippen LogP) is 4.07. The normalized spacial score (nSPS) is 22.2. The van der Waals surface area contributed by atoms with Crippen molar-refractivity contribution in [2.45, 2.75) is 26.2 Å². The Morgan fingerprint density at radius 2 is 1.91 bits per heavy atom. The topological polar surface area (TPSA) is 78.2 Å². The average molecular weight is 455 g/mol. The SMILES string of the molecule is COc1cc(N2CC3CCC(C2)C3Cc2nc(Oc3cc(C)cc(Cl)c3)n(C)n2)cnn1. The van der Waals surface area contributed by atoms with Crippen molar-refractivity contribution in [3.8, 4) is 17.6 Å². The van der Waals surface area contributed by atoms with Crippen molar-refractivity contribution in [1.29, 1.82) is 0 Å². The maximum Gasteiger partial charge on any atom is 0.320 e. The number of hydrogen-bond acceptors (Lipinski definition) is 7. The van der Waals surface area contributed by atoms with E-state index in [0.717, 1.165) is 36.6 Å². The van der Waals surface area contributed by atoms with Crippen LogP contribution >= 0.6 is 11.6 Å². The van der Waals surface area contributed by atoms with Crippen LogP contribution in [0.2, 0.25) is 5.02 Å². The van der Waals surface area contributed by atoms with Crippen molar-refractivity contribution in [2.75, 3.05) is 25.1 Å². The largest absolute Gasteiger partial charge is 0.480 e. The number of anilines is 1. The van der Waals surface area contributed by atoms with E-state index in [1.807, 2.05) is 38.4 Å². The van der Waals surface area contributed by atoms with Gasteiger partial charge in [-0.1, -0.05) is 11.6 Å². The van der Waals surface area contributed by atoms with Crippen molar-refractivity contribution < 1.29 is 9.47 Å². The predicted molar refractivity (Wildman–Crippen MR) is 121 cm³/mol. The Hall–Kier alpha value is -2.87. The van der Waals surface area contributed by atoms with Crippen molar-refractivity contribution in [3.05, 3.63) is 46.9 Å². The van der Waals surface area contributed by atoms with E-state index in [1.165, 1.54) is 12.8 Å². The number of hydrogen-bond donors (Lipinski definition) is 0. The summed E-state index contributed by atoms with van der Waals surface area (Å²) in [5, 5.41) is 13.4. The van der Waals surface area contributed by atoms with Crippen LogP contribution < -0.4 is 14.4 Å². The Labute approximate surface area is 192 Å². The van der Waals surface area contributed by atoms with E-state index in [1.54, 1.807) is 17.9 Å². The summed E-state index contributed by atoms with van der Waals surface area (Å²) in [6, 6.07) is 8.09. The van der Waals surface area contributed by atoms with Crippen molar-refractivity contribution in [3.63, 3.8) is 0 Å². The van der Waals surface area contributed by atoms with Crippen LogP contribution in [0.4, 0.5) is 5.69 Å². The van der Waals surface area contributed by atoms with Gasteiger partial charge in [-0.2, -0.15) is 15.2 Å². The van der Waals surface area contributed by atoms with Crippen LogP contribution in [0.25, 0.3) is 0 Å². The van der Waals surface area contributed by atoms with Crippen LogP contribution in [0, 0.1) is 24.7 Å². The van der Waals surface area contributed by atoms with E-state index in [2.05, 4.69) is 20.2 Å². The highest BCUT2D eigenvalue weighted by molar-refractivity contribution is 6.30. The number of rotatable bonds is 6. The van der Waals surface area contributed by atoms with E-state index >= 15 is 0 Å². The number of nitrogens with zero attached hydrogens (tertiary/aromatic N) is 6. The summed E-state index contributed by atoms with van der Waals surface area (Å²) < 4.78 is 12.9. The van der Waals surface area contributed by atoms with E-state index in [-0.39, 0.29) is 0 Å². The summed E-state index contributed by atoms with van der Waals surface area (Å²) in [5.41, 5.74) is 2.12. The Balaban J connectivity index is 1.28. The number of methoxy groups -OCH3 is 1. The second-order valence-corrected chi connectivity index (χ2v) is 9.26. The van der Waals surface area contributed by atoms with E-state index in [4.69, 9.17) is 26.1 Å². The zero-order valence-corrected chi connectivity index (χ0v) is 19.3. The monoisotopic (exact) mass is 454 g/mol. The molecule has 3 heterocycles. The number of fused-ring (bicyclic) bond motifs is 2. The average Bonchev–Trinajstić information content (AvgIpc) is 3.20. The molecule has 1 saturated heterocycles. The van der Waals surface area contributed by atoms with Crippen LogP contribution in [0.1, 0.15) is 24.2 Å². The molecule has 0 N–H and O–H groups in total. The number of aromatic nitrogens is 5. The molecular formula is C23H27ClN6O2. The molecule has 1 saturated carbocycles. The van der Waals surface area contributed by atoms with Gasteiger partial charge in [0.1, 0.15) is 5.75 Å². The first-order valence-electron chi connectivity index (χ1n) is 10.9. The Kier molecular flexibility index (Phi) is 5.63. The third kappa shape index (κ3) is 4.24. The number of aryl methyl sites for hydroxylation is 2. The molecule has 3 aromatic rings. The Bertz CT molecular complexity index is 1090. The van der Waals surface area contributed by atoms with Gasteiger partial charge in [0, 0.05) is 37.6 Å². The number of halogens is 1. The molecule has 0 radical (unpaired) electrons. The molecule has 2 aliphatic rings. The summed E-state index contributed by atoms with van der Waals surface area (Å²) in [6.07, 6.45) is 5.16. The summed E-state index contributed by atoms with van der Waals surface area (Å²) in [4.78, 5) is 7.11. The van der Waals surface area contributed by atoms with Crippen LogP contribution in [-0.2, 0) is 13.5 Å². The van der Waals surface area contributed by atoms with Gasteiger partial charge < -0.3 is 14.4 Å². The maximum absolute atomic E-state index is 6.16. The molecule has 2 aromatic heterocycles. The first kappa shape index (κ1) is 21.0. The molecule has 2 bridgehead atoms. The number of ether oxygens (including phenoxy) is 2. The molecule has 2 unspecified atom stereocenters. The van der Waals surface area contributed by atoms with Gasteiger partial charge in [0.25, 0.3) is 0 Å². The van der Waals surface area contributed by atoms with Gasteiger partial charge in [0.15, 0.2) is 5.82 Å². The van der Waals surface area contributed by atoms with Gasteiger partial charge in [-0.05, 0) is 61.3 Å². The van der Waals surface area contributed by atoms with Crippen LogP contribution in [-0.4, -0.2) is 45.2 Å². The van der Waals surface area contributed by atoms with Crippen molar-refractivity contribution in [1.82, 2.24) is 25.0 Å². The Morgan fingerprint density at radius 3 is 2.62 bits per heavy atom. The lowest BCUT2D eigenvalue weighted by Gasteiger charge is -2.38. The molecule has 0 spiro atoms. The van der Waals surface area contributed by atoms with Gasteiger partial charge >= 0.3 is 6.01 Å². The minimum atomic E-state index is 0.487. The van der Waals surface area contributed by atoms with E-state index in [0.29, 0.717) is 40.4 Å². The molecule has 1 aliphatic carbocycles. The third-order valence-electron chi connectivity index (χ3n) is 6.63. The van der Waals surface area contributed by atoms with Gasteiger partial charge in [-0.3, -0.25) is 0 Å². The lowest BCUT2D eigenvalue weighted by molar-refractivity contribution is 0.265. The molecule has 32 heavy (non-hydrogen) atoms. The first-order valence-corrected chi connectivity index (χ1v) is 11.3. The zero-order valence-electron chi connectivity index (χ0n) is 18.5. The van der Waals surface area contributed by atoms with Crippen molar-refractivity contribution >= 4 is 17.3 Å². The highest BCUT2D eigenvalue weighted by Crippen LogP contribution is 2.44. The lowest BCUT2D eigenvalue weighted by atomic mass is 9.82. The molecule has 168 valence electrons. The van der Waals surface area contributed by atoms with Gasteiger partial charge in [0.05, 0.1) is 19.0 Å². The van der Waals surface area contributed by atoms with Crippen molar-refractivity contribution in [2.24, 2.45) is 24.8 Å². The molecule has 0 amide bonds. The lowest BCUT2D eigenvalue weighted by Crippen LogP contribution is -2.42. The summed E-state index contributed by atoms with van der Waals surface area (Å²) >= 11 is 6.16. The van der Waals surface area contributed by atoms with Crippen LogP contribution in [0.5, 0.6) is 17.6 Å². The first-order chi connectivity index (χ1) is 15.5. The fourth-order valence-electron chi connectivity index (χ4n) is 5.16. The summed E-state index contributed by atoms with van der Waals surface area (Å²) in [7, 11) is 3.49. The molecule has 5 rings (SSSR count). The van der Waals surface area contributed by atoms with Gasteiger partial charge in [-0.25, -0.2) is 4.68 Å². The van der Waals surface area contributed by atoms with E-state index < -0.39 is 0 Å². The molecule has 8 nitrogen and oxygen atoms in total. The number of benzene rings is 1. The fourth-order valence-corrected chi connectivity index (χ4v) is 5.44. The smallest absolute Gasteiger partial charge is 0.320 e. The zero-order chi connectivity index (χ0) is 22.2. The maximum atomic E-state index is 6.16. The molecular weight excluding hydrogens is 428 g/mol. The molecule has 9 heteroatoms. The van der Waals surface area contributed by atoms with Crippen LogP contribution in [0.3, 0.4) is 0 Å². The minimum Gasteiger partial charge on any atom is -0.480 e. The quantitative estimate of drug-likeness (QED) is 0.555. The molecule has 1 aromatic carbocycles. The fraction of sp³-hybridized carbons (Fsp3) is 0.478. The second-order valence-electron chi connectivity index (χ2n) is 8.83. The standard InChI is InChI=1S/C23H27ClN6O2/c1-14-6-17(24)8-19(7-14)32-23-26-21(28-29(23)2)10-20-15-4-5-16(20)13-30(12-15)18-9-22(31-3)27-25-11-18/h6-9,11,15-16,20H,4-5,10,12-13H2,1-3H3. The van der Waals surface area contributed by atoms with Gasteiger partial charge in [-0.15, -0.1) is 5.10 Å². The van der Waals surface area contributed by atoms with E-state index in [9.17, 15) is 0 Å². The summed E-state index contributed by atoms with van der Waals surface area (Å²) in [5.74, 6) is 3.85. The molecule has 2 atom stereocenters.